The average Bonchev–Trinajstić information content (AvgIpc) is 2.88. The molecule has 9 heteroatoms. The lowest BCUT2D eigenvalue weighted by molar-refractivity contribution is -0.137. The Morgan fingerprint density at radius 3 is 2.90 bits per heavy atom. The van der Waals surface area contributed by atoms with Crippen molar-refractivity contribution in [2.75, 3.05) is 19.7 Å². The van der Waals surface area contributed by atoms with Crippen molar-refractivity contribution < 1.29 is 23.4 Å². The van der Waals surface area contributed by atoms with Gasteiger partial charge in [0.15, 0.2) is 0 Å². The lowest BCUT2D eigenvalue weighted by Crippen LogP contribution is -2.40. The number of rotatable bonds is 6. The standard InChI is InChI=1S/C12H19N3O5S/c16-5-3-10-2-1-4-15(7-10)21(19,20)11-6-13-14(8-11)9-12(17)18/h6,8,10,16H,1-5,7,9H2,(H,17,18). The average molecular weight is 317 g/mol. The third-order valence-corrected chi connectivity index (χ3v) is 5.38. The minimum Gasteiger partial charge on any atom is -0.480 e. The second kappa shape index (κ2) is 6.54. The molecule has 1 saturated heterocycles. The molecule has 0 aromatic carbocycles. The van der Waals surface area contributed by atoms with E-state index in [-0.39, 0.29) is 24.0 Å². The zero-order valence-electron chi connectivity index (χ0n) is 11.6. The summed E-state index contributed by atoms with van der Waals surface area (Å²) in [6.45, 7) is 0.499. The Morgan fingerprint density at radius 1 is 1.48 bits per heavy atom. The van der Waals surface area contributed by atoms with Crippen LogP contribution in [0.4, 0.5) is 0 Å². The van der Waals surface area contributed by atoms with Gasteiger partial charge in [0.25, 0.3) is 0 Å². The molecule has 1 aromatic heterocycles. The highest BCUT2D eigenvalue weighted by Crippen LogP contribution is 2.25. The van der Waals surface area contributed by atoms with Crippen LogP contribution in [0, 0.1) is 5.92 Å². The Morgan fingerprint density at radius 2 is 2.24 bits per heavy atom. The van der Waals surface area contributed by atoms with Gasteiger partial charge in [-0.3, -0.25) is 9.48 Å². The number of carboxylic acid groups (broad SMARTS) is 1. The molecule has 1 unspecified atom stereocenters. The Bertz CT molecular complexity index is 596. The number of aliphatic hydroxyl groups excluding tert-OH is 1. The van der Waals surface area contributed by atoms with Crippen LogP contribution in [0.2, 0.25) is 0 Å². The van der Waals surface area contributed by atoms with Crippen LogP contribution in [-0.2, 0) is 21.4 Å². The molecule has 0 radical (unpaired) electrons. The van der Waals surface area contributed by atoms with Crippen molar-refractivity contribution in [2.24, 2.45) is 5.92 Å². The molecule has 21 heavy (non-hydrogen) atoms. The zero-order chi connectivity index (χ0) is 15.5. The lowest BCUT2D eigenvalue weighted by Gasteiger charge is -2.31. The van der Waals surface area contributed by atoms with Crippen molar-refractivity contribution in [3.63, 3.8) is 0 Å². The number of nitrogens with zero attached hydrogens (tertiary/aromatic N) is 3. The molecule has 2 rings (SSSR count). The molecular weight excluding hydrogens is 298 g/mol. The van der Waals surface area contributed by atoms with E-state index in [2.05, 4.69) is 5.10 Å². The van der Waals surface area contributed by atoms with Crippen molar-refractivity contribution in [1.29, 1.82) is 0 Å². The van der Waals surface area contributed by atoms with Crippen LogP contribution < -0.4 is 0 Å². The van der Waals surface area contributed by atoms with Gasteiger partial charge in [0.05, 0.1) is 6.20 Å². The molecule has 1 aliphatic heterocycles. The zero-order valence-corrected chi connectivity index (χ0v) is 12.4. The molecule has 0 bridgehead atoms. The van der Waals surface area contributed by atoms with Crippen LogP contribution in [0.25, 0.3) is 0 Å². The largest absolute Gasteiger partial charge is 0.480 e. The summed E-state index contributed by atoms with van der Waals surface area (Å²) in [5.74, 6) is -0.921. The molecule has 118 valence electrons. The fourth-order valence-corrected chi connectivity index (χ4v) is 4.03. The number of carboxylic acids is 1. The normalized spacial score (nSPS) is 20.5. The quantitative estimate of drug-likeness (QED) is 0.748. The van der Waals surface area contributed by atoms with Crippen LogP contribution in [0.1, 0.15) is 19.3 Å². The number of hydrogen-bond acceptors (Lipinski definition) is 5. The summed E-state index contributed by atoms with van der Waals surface area (Å²) in [4.78, 5) is 10.6. The number of carbonyl (C=O) groups is 1. The first-order valence-electron chi connectivity index (χ1n) is 6.78. The summed E-state index contributed by atoms with van der Waals surface area (Å²) >= 11 is 0. The molecule has 1 aromatic rings. The Kier molecular flexibility index (Phi) is 4.96. The van der Waals surface area contributed by atoms with Gasteiger partial charge in [0, 0.05) is 25.9 Å². The van der Waals surface area contributed by atoms with Crippen LogP contribution in [0.5, 0.6) is 0 Å². The van der Waals surface area contributed by atoms with Gasteiger partial charge in [-0.15, -0.1) is 0 Å². The van der Waals surface area contributed by atoms with Crippen LogP contribution in [0.3, 0.4) is 0 Å². The summed E-state index contributed by atoms with van der Waals surface area (Å²) in [6.07, 6.45) is 4.66. The summed E-state index contributed by atoms with van der Waals surface area (Å²) in [7, 11) is -3.65. The minimum absolute atomic E-state index is 0.00778. The Hall–Kier alpha value is -1.45. The highest BCUT2D eigenvalue weighted by atomic mass is 32.2. The van der Waals surface area contributed by atoms with Crippen molar-refractivity contribution in [2.45, 2.75) is 30.7 Å². The molecule has 0 spiro atoms. The van der Waals surface area contributed by atoms with Crippen molar-refractivity contribution >= 4 is 16.0 Å². The van der Waals surface area contributed by atoms with Crippen molar-refractivity contribution in [3.8, 4) is 0 Å². The van der Waals surface area contributed by atoms with Crippen LogP contribution in [-0.4, -0.2) is 58.4 Å². The molecule has 2 N–H and O–H groups in total. The predicted octanol–water partition coefficient (Wildman–Crippen LogP) is -0.249. The summed E-state index contributed by atoms with van der Waals surface area (Å²) in [5, 5.41) is 21.4. The molecule has 1 atom stereocenters. The van der Waals surface area contributed by atoms with Crippen LogP contribution >= 0.6 is 0 Å². The summed E-state index contributed by atoms with van der Waals surface area (Å²) < 4.78 is 27.5. The molecule has 0 aliphatic carbocycles. The van der Waals surface area contributed by atoms with E-state index in [4.69, 9.17) is 10.2 Å². The number of aliphatic carboxylic acids is 1. The van der Waals surface area contributed by atoms with Gasteiger partial charge in [-0.05, 0) is 25.2 Å². The number of piperidine rings is 1. The Balaban J connectivity index is 2.13. The van der Waals surface area contributed by atoms with E-state index in [0.29, 0.717) is 19.5 Å². The number of aromatic nitrogens is 2. The summed E-state index contributed by atoms with van der Waals surface area (Å²) in [6, 6.07) is 0. The summed E-state index contributed by atoms with van der Waals surface area (Å²) in [5.41, 5.74) is 0. The highest BCUT2D eigenvalue weighted by molar-refractivity contribution is 7.89. The first kappa shape index (κ1) is 15.9. The molecule has 1 aliphatic rings. The molecule has 1 fully saturated rings. The fourth-order valence-electron chi connectivity index (χ4n) is 2.52. The highest BCUT2D eigenvalue weighted by Gasteiger charge is 2.31. The van der Waals surface area contributed by atoms with E-state index in [1.54, 1.807) is 0 Å². The van der Waals surface area contributed by atoms with E-state index >= 15 is 0 Å². The minimum atomic E-state index is -3.65. The van der Waals surface area contributed by atoms with E-state index in [9.17, 15) is 13.2 Å². The predicted molar refractivity (Wildman–Crippen MR) is 73.0 cm³/mol. The van der Waals surface area contributed by atoms with Gasteiger partial charge in [-0.2, -0.15) is 9.40 Å². The third kappa shape index (κ3) is 3.80. The van der Waals surface area contributed by atoms with Gasteiger partial charge in [0.2, 0.25) is 10.0 Å². The van der Waals surface area contributed by atoms with E-state index in [1.807, 2.05) is 0 Å². The fraction of sp³-hybridized carbons (Fsp3) is 0.667. The molecule has 8 nitrogen and oxygen atoms in total. The monoisotopic (exact) mass is 317 g/mol. The molecule has 0 saturated carbocycles. The smallest absolute Gasteiger partial charge is 0.325 e. The maximum atomic E-state index is 12.5. The third-order valence-electron chi connectivity index (χ3n) is 3.56. The van der Waals surface area contributed by atoms with Crippen molar-refractivity contribution in [1.82, 2.24) is 14.1 Å². The van der Waals surface area contributed by atoms with Gasteiger partial charge >= 0.3 is 5.97 Å². The van der Waals surface area contributed by atoms with Gasteiger partial charge in [-0.1, -0.05) is 0 Å². The van der Waals surface area contributed by atoms with Gasteiger partial charge in [-0.25, -0.2) is 8.42 Å². The second-order valence-electron chi connectivity index (χ2n) is 5.15. The maximum absolute atomic E-state index is 12.5. The van der Waals surface area contributed by atoms with Gasteiger partial charge < -0.3 is 10.2 Å². The topological polar surface area (TPSA) is 113 Å². The van der Waals surface area contributed by atoms with E-state index in [1.165, 1.54) is 16.7 Å². The SMILES string of the molecule is O=C(O)Cn1cc(S(=O)(=O)N2CCCC(CCO)C2)cn1. The van der Waals surface area contributed by atoms with Crippen LogP contribution in [0.15, 0.2) is 17.3 Å². The first-order valence-corrected chi connectivity index (χ1v) is 8.22. The number of hydrogen-bond donors (Lipinski definition) is 2. The number of sulfonamides is 1. The molecular formula is C12H19N3O5S. The molecule has 0 amide bonds. The van der Waals surface area contributed by atoms with E-state index in [0.717, 1.165) is 17.5 Å². The van der Waals surface area contributed by atoms with Gasteiger partial charge in [0.1, 0.15) is 11.4 Å². The number of aliphatic hydroxyl groups is 1. The molecule has 2 heterocycles. The van der Waals surface area contributed by atoms with E-state index < -0.39 is 16.0 Å². The maximum Gasteiger partial charge on any atom is 0.325 e. The Labute approximate surface area is 123 Å². The second-order valence-corrected chi connectivity index (χ2v) is 7.09. The van der Waals surface area contributed by atoms with Crippen molar-refractivity contribution in [3.05, 3.63) is 12.4 Å². The lowest BCUT2D eigenvalue weighted by atomic mass is 9.97. The first-order chi connectivity index (χ1) is 9.93.